The Bertz CT molecular complexity index is 628. The minimum atomic E-state index is -0.615. The van der Waals surface area contributed by atoms with E-state index in [0.717, 1.165) is 5.56 Å². The average Bonchev–Trinajstić information content (AvgIpc) is 2.53. The van der Waals surface area contributed by atoms with Crippen molar-refractivity contribution >= 4 is 5.97 Å². The van der Waals surface area contributed by atoms with Crippen LogP contribution in [0, 0.1) is 0 Å². The largest absolute Gasteiger partial charge is 0.507 e. The smallest absolute Gasteiger partial charge is 0.307 e. The minimum Gasteiger partial charge on any atom is -0.507 e. The molecule has 22 heavy (non-hydrogen) atoms. The molecular formula is C17H19NO4. The van der Waals surface area contributed by atoms with Crippen molar-refractivity contribution in [1.29, 1.82) is 0 Å². The summed E-state index contributed by atoms with van der Waals surface area (Å²) in [5.74, 6) is 0.119. The average molecular weight is 301 g/mol. The molecule has 0 radical (unpaired) electrons. The summed E-state index contributed by atoms with van der Waals surface area (Å²) in [6, 6.07) is 14.0. The van der Waals surface area contributed by atoms with Crippen LogP contribution in [-0.2, 0) is 16.1 Å². The number of rotatable bonds is 6. The summed E-state index contributed by atoms with van der Waals surface area (Å²) >= 11 is 0. The number of hydrogen-bond donors (Lipinski definition) is 2. The van der Waals surface area contributed by atoms with Crippen molar-refractivity contribution in [2.24, 2.45) is 5.73 Å². The first-order chi connectivity index (χ1) is 10.6. The molecule has 0 aromatic heterocycles. The van der Waals surface area contributed by atoms with E-state index in [0.29, 0.717) is 17.9 Å². The molecule has 0 spiro atoms. The SMILES string of the molecule is COC(=O)C[C@@H](N)c1ccc(OCc2ccccc2)cc1O. The summed E-state index contributed by atoms with van der Waals surface area (Å²) in [4.78, 5) is 11.2. The van der Waals surface area contributed by atoms with Gasteiger partial charge in [-0.3, -0.25) is 4.79 Å². The fraction of sp³-hybridized carbons (Fsp3) is 0.235. The molecule has 2 rings (SSSR count). The lowest BCUT2D eigenvalue weighted by atomic mass is 10.0. The van der Waals surface area contributed by atoms with Crippen molar-refractivity contribution in [3.63, 3.8) is 0 Å². The van der Waals surface area contributed by atoms with Gasteiger partial charge in [-0.1, -0.05) is 36.4 Å². The molecule has 116 valence electrons. The van der Waals surface area contributed by atoms with Gasteiger partial charge in [-0.25, -0.2) is 0 Å². The normalized spacial score (nSPS) is 11.7. The number of hydrogen-bond acceptors (Lipinski definition) is 5. The Morgan fingerprint density at radius 2 is 1.95 bits per heavy atom. The van der Waals surface area contributed by atoms with Gasteiger partial charge >= 0.3 is 5.97 Å². The van der Waals surface area contributed by atoms with E-state index in [1.165, 1.54) is 13.2 Å². The molecule has 0 bridgehead atoms. The van der Waals surface area contributed by atoms with Gasteiger partial charge in [0, 0.05) is 17.7 Å². The third-order valence-electron chi connectivity index (χ3n) is 3.26. The summed E-state index contributed by atoms with van der Waals surface area (Å²) < 4.78 is 10.2. The van der Waals surface area contributed by atoms with Gasteiger partial charge in [0.15, 0.2) is 0 Å². The molecule has 0 fully saturated rings. The van der Waals surface area contributed by atoms with Crippen molar-refractivity contribution in [2.75, 3.05) is 7.11 Å². The van der Waals surface area contributed by atoms with Gasteiger partial charge in [0.2, 0.25) is 0 Å². The number of phenolic OH excluding ortho intramolecular Hbond substituents is 1. The van der Waals surface area contributed by atoms with Gasteiger partial charge in [-0.15, -0.1) is 0 Å². The van der Waals surface area contributed by atoms with Gasteiger partial charge < -0.3 is 20.3 Å². The first-order valence-electron chi connectivity index (χ1n) is 6.92. The Morgan fingerprint density at radius 3 is 2.59 bits per heavy atom. The van der Waals surface area contributed by atoms with Crippen LogP contribution in [0.1, 0.15) is 23.6 Å². The number of methoxy groups -OCH3 is 1. The van der Waals surface area contributed by atoms with Crippen LogP contribution in [0.5, 0.6) is 11.5 Å². The molecule has 0 aliphatic heterocycles. The molecule has 0 aliphatic carbocycles. The van der Waals surface area contributed by atoms with Gasteiger partial charge in [-0.2, -0.15) is 0 Å². The predicted molar refractivity (Wildman–Crippen MR) is 82.4 cm³/mol. The monoisotopic (exact) mass is 301 g/mol. The first-order valence-corrected chi connectivity index (χ1v) is 6.92. The summed E-state index contributed by atoms with van der Waals surface area (Å²) in [7, 11) is 1.30. The van der Waals surface area contributed by atoms with Crippen LogP contribution < -0.4 is 10.5 Å². The molecule has 0 amide bonds. The number of phenols is 1. The van der Waals surface area contributed by atoms with Crippen LogP contribution in [0.4, 0.5) is 0 Å². The second kappa shape index (κ2) is 7.47. The van der Waals surface area contributed by atoms with Crippen LogP contribution >= 0.6 is 0 Å². The third-order valence-corrected chi connectivity index (χ3v) is 3.26. The summed E-state index contributed by atoms with van der Waals surface area (Å²) in [6.45, 7) is 0.411. The maximum Gasteiger partial charge on any atom is 0.307 e. The van der Waals surface area contributed by atoms with Crippen LogP contribution in [-0.4, -0.2) is 18.2 Å². The number of nitrogens with two attached hydrogens (primary N) is 1. The summed E-state index contributed by atoms with van der Waals surface area (Å²) in [5, 5.41) is 10.0. The van der Waals surface area contributed by atoms with Crippen LogP contribution in [0.3, 0.4) is 0 Å². The predicted octanol–water partition coefficient (Wildman–Crippen LogP) is 2.53. The maximum atomic E-state index is 11.2. The molecule has 3 N–H and O–H groups in total. The van der Waals surface area contributed by atoms with E-state index in [-0.39, 0.29) is 12.2 Å². The summed E-state index contributed by atoms with van der Waals surface area (Å²) in [5.41, 5.74) is 7.41. The number of carbonyl (C=O) groups excluding carboxylic acids is 1. The number of aromatic hydroxyl groups is 1. The number of benzene rings is 2. The molecule has 0 saturated heterocycles. The Balaban J connectivity index is 2.01. The van der Waals surface area contributed by atoms with Crippen molar-refractivity contribution < 1.29 is 19.4 Å². The second-order valence-corrected chi connectivity index (χ2v) is 4.88. The van der Waals surface area contributed by atoms with Crippen molar-refractivity contribution in [3.05, 3.63) is 59.7 Å². The molecule has 0 unspecified atom stereocenters. The highest BCUT2D eigenvalue weighted by Crippen LogP contribution is 2.29. The molecule has 0 saturated carbocycles. The maximum absolute atomic E-state index is 11.2. The van der Waals surface area contributed by atoms with Gasteiger partial charge in [-0.05, 0) is 11.6 Å². The Labute approximate surface area is 129 Å². The second-order valence-electron chi connectivity index (χ2n) is 4.88. The van der Waals surface area contributed by atoms with E-state index in [2.05, 4.69) is 4.74 Å². The number of esters is 1. The molecule has 2 aromatic carbocycles. The molecule has 1 atom stereocenters. The number of ether oxygens (including phenoxy) is 2. The lowest BCUT2D eigenvalue weighted by Gasteiger charge is -2.14. The van der Waals surface area contributed by atoms with Crippen LogP contribution in [0.15, 0.2) is 48.5 Å². The van der Waals surface area contributed by atoms with Crippen LogP contribution in [0.2, 0.25) is 0 Å². The quantitative estimate of drug-likeness (QED) is 0.801. The van der Waals surface area contributed by atoms with E-state index in [1.807, 2.05) is 30.3 Å². The highest BCUT2D eigenvalue weighted by atomic mass is 16.5. The zero-order valence-electron chi connectivity index (χ0n) is 12.4. The van der Waals surface area contributed by atoms with E-state index < -0.39 is 12.0 Å². The van der Waals surface area contributed by atoms with E-state index in [9.17, 15) is 9.90 Å². The molecule has 2 aromatic rings. The van der Waals surface area contributed by atoms with Crippen LogP contribution in [0.25, 0.3) is 0 Å². The van der Waals surface area contributed by atoms with E-state index >= 15 is 0 Å². The molecule has 0 aliphatic rings. The Kier molecular flexibility index (Phi) is 5.38. The standard InChI is InChI=1S/C17H19NO4/c1-21-17(20)10-15(18)14-8-7-13(9-16(14)19)22-11-12-5-3-2-4-6-12/h2-9,15,19H,10-11,18H2,1H3/t15-/m1/s1. The highest BCUT2D eigenvalue weighted by molar-refractivity contribution is 5.70. The van der Waals surface area contributed by atoms with E-state index in [4.69, 9.17) is 10.5 Å². The zero-order chi connectivity index (χ0) is 15.9. The first kappa shape index (κ1) is 15.9. The van der Waals surface area contributed by atoms with Crippen molar-refractivity contribution in [1.82, 2.24) is 0 Å². The van der Waals surface area contributed by atoms with Gasteiger partial charge in [0.1, 0.15) is 18.1 Å². The molecule has 5 heteroatoms. The molecular weight excluding hydrogens is 282 g/mol. The lowest BCUT2D eigenvalue weighted by Crippen LogP contribution is -2.16. The van der Waals surface area contributed by atoms with Crippen molar-refractivity contribution in [3.8, 4) is 11.5 Å². The molecule has 0 heterocycles. The highest BCUT2D eigenvalue weighted by Gasteiger charge is 2.16. The van der Waals surface area contributed by atoms with Gasteiger partial charge in [0.25, 0.3) is 0 Å². The fourth-order valence-electron chi connectivity index (χ4n) is 2.04. The number of carbonyl (C=O) groups is 1. The fourth-order valence-corrected chi connectivity index (χ4v) is 2.04. The minimum absolute atomic E-state index is 0.00182. The molecule has 5 nitrogen and oxygen atoms in total. The van der Waals surface area contributed by atoms with Crippen molar-refractivity contribution in [2.45, 2.75) is 19.1 Å². The zero-order valence-corrected chi connectivity index (χ0v) is 12.4. The lowest BCUT2D eigenvalue weighted by molar-refractivity contribution is -0.141. The Morgan fingerprint density at radius 1 is 1.23 bits per heavy atom. The topological polar surface area (TPSA) is 81.8 Å². The summed E-state index contributed by atoms with van der Waals surface area (Å²) in [6.07, 6.45) is 0.00821. The van der Waals surface area contributed by atoms with E-state index in [1.54, 1.807) is 12.1 Å². The third kappa shape index (κ3) is 4.23. The Hall–Kier alpha value is -2.53. The van der Waals surface area contributed by atoms with Gasteiger partial charge in [0.05, 0.1) is 13.5 Å².